The topological polar surface area (TPSA) is 123 Å². The van der Waals surface area contributed by atoms with Gasteiger partial charge in [-0.25, -0.2) is 14.8 Å². The average Bonchev–Trinajstić information content (AvgIpc) is 3.15. The van der Waals surface area contributed by atoms with Crippen LogP contribution in [0.25, 0.3) is 22.1 Å². The molecule has 3 N–H and O–H groups in total. The van der Waals surface area contributed by atoms with Crippen LogP contribution in [0.1, 0.15) is 18.7 Å². The van der Waals surface area contributed by atoms with Gasteiger partial charge in [0.15, 0.2) is 11.4 Å². The van der Waals surface area contributed by atoms with Gasteiger partial charge in [0.25, 0.3) is 0 Å². The molecular formula is C18H18N4O4. The number of carboxylic acids is 1. The van der Waals surface area contributed by atoms with Crippen molar-refractivity contribution in [1.29, 1.82) is 0 Å². The van der Waals surface area contributed by atoms with Gasteiger partial charge in [-0.1, -0.05) is 12.1 Å². The van der Waals surface area contributed by atoms with Gasteiger partial charge in [0.2, 0.25) is 5.91 Å². The maximum Gasteiger partial charge on any atom is 0.326 e. The Kier molecular flexibility index (Phi) is 3.75. The zero-order valence-corrected chi connectivity index (χ0v) is 14.2. The Morgan fingerprint density at radius 3 is 2.85 bits per heavy atom. The Hall–Kier alpha value is -3.16. The van der Waals surface area contributed by atoms with E-state index in [1.54, 1.807) is 11.8 Å². The maximum absolute atomic E-state index is 11.8. The highest BCUT2D eigenvalue weighted by molar-refractivity contribution is 6.06. The number of aryl methyl sites for hydroxylation is 1. The predicted octanol–water partition coefficient (Wildman–Crippen LogP) is 1.84. The summed E-state index contributed by atoms with van der Waals surface area (Å²) in [7, 11) is 0. The van der Waals surface area contributed by atoms with Crippen LogP contribution in [0, 0.1) is 12.8 Å². The summed E-state index contributed by atoms with van der Waals surface area (Å²) in [5.41, 5.74) is 7.08. The van der Waals surface area contributed by atoms with Crippen molar-refractivity contribution in [1.82, 2.24) is 9.97 Å². The molecule has 2 aromatic heterocycles. The molecule has 0 saturated carbocycles. The van der Waals surface area contributed by atoms with Crippen molar-refractivity contribution in [3.8, 4) is 0 Å². The minimum Gasteiger partial charge on any atom is -0.480 e. The second-order valence-corrected chi connectivity index (χ2v) is 6.65. The Bertz CT molecular complexity index is 1030. The van der Waals surface area contributed by atoms with Crippen LogP contribution in [0.2, 0.25) is 0 Å². The number of primary amides is 1. The van der Waals surface area contributed by atoms with Crippen molar-refractivity contribution in [3.63, 3.8) is 0 Å². The molecule has 0 spiro atoms. The van der Waals surface area contributed by atoms with E-state index in [1.165, 1.54) is 0 Å². The quantitative estimate of drug-likeness (QED) is 0.733. The third-order valence-corrected chi connectivity index (χ3v) is 4.75. The summed E-state index contributed by atoms with van der Waals surface area (Å²) in [5, 5.41) is 10.5. The molecule has 0 radical (unpaired) electrons. The van der Waals surface area contributed by atoms with E-state index in [2.05, 4.69) is 9.97 Å². The van der Waals surface area contributed by atoms with Crippen molar-refractivity contribution < 1.29 is 19.1 Å². The van der Waals surface area contributed by atoms with Crippen molar-refractivity contribution >= 4 is 39.8 Å². The average molecular weight is 354 g/mol. The summed E-state index contributed by atoms with van der Waals surface area (Å²) in [5.74, 6) is -0.556. The third-order valence-electron chi connectivity index (χ3n) is 4.75. The molecule has 26 heavy (non-hydrogen) atoms. The van der Waals surface area contributed by atoms with E-state index in [9.17, 15) is 14.7 Å². The largest absolute Gasteiger partial charge is 0.480 e. The number of hydrogen-bond acceptors (Lipinski definition) is 6. The first kappa shape index (κ1) is 16.3. The zero-order valence-electron chi connectivity index (χ0n) is 14.2. The molecule has 2 unspecified atom stereocenters. The molecule has 0 bridgehead atoms. The van der Waals surface area contributed by atoms with Gasteiger partial charge in [0, 0.05) is 18.4 Å². The highest BCUT2D eigenvalue weighted by atomic mass is 16.4. The lowest BCUT2D eigenvalue weighted by Crippen LogP contribution is -2.36. The van der Waals surface area contributed by atoms with Crippen molar-refractivity contribution in [2.75, 3.05) is 11.4 Å². The number of rotatable bonds is 4. The molecule has 8 nitrogen and oxygen atoms in total. The number of nitrogens with zero attached hydrogens (tertiary/aromatic N) is 3. The lowest BCUT2D eigenvalue weighted by atomic mass is 10.0. The van der Waals surface area contributed by atoms with Crippen LogP contribution in [0.15, 0.2) is 28.7 Å². The number of carbonyl (C=O) groups excluding carboxylic acids is 1. The van der Waals surface area contributed by atoms with E-state index in [1.807, 2.05) is 24.3 Å². The van der Waals surface area contributed by atoms with Crippen LogP contribution in [-0.2, 0) is 9.59 Å². The van der Waals surface area contributed by atoms with Gasteiger partial charge in [-0.2, -0.15) is 0 Å². The molecule has 134 valence electrons. The Morgan fingerprint density at radius 2 is 2.12 bits per heavy atom. The number of fused-ring (bicyclic) bond motifs is 3. The molecular weight excluding hydrogens is 336 g/mol. The second kappa shape index (κ2) is 5.98. The Labute approximate surface area is 148 Å². The first-order chi connectivity index (χ1) is 12.4. The fourth-order valence-electron chi connectivity index (χ4n) is 3.70. The molecule has 2 atom stereocenters. The van der Waals surface area contributed by atoms with Crippen molar-refractivity contribution in [2.45, 2.75) is 25.8 Å². The van der Waals surface area contributed by atoms with Gasteiger partial charge in [-0.3, -0.25) is 4.79 Å². The number of carboxylic acid groups (broad SMARTS) is 1. The fraction of sp³-hybridized carbons (Fsp3) is 0.333. The van der Waals surface area contributed by atoms with Crippen LogP contribution in [-0.4, -0.2) is 39.5 Å². The smallest absolute Gasteiger partial charge is 0.326 e. The molecule has 1 amide bonds. The summed E-state index contributed by atoms with van der Waals surface area (Å²) in [6.07, 6.45) is 0.483. The van der Waals surface area contributed by atoms with Crippen molar-refractivity contribution in [2.24, 2.45) is 11.7 Å². The number of nitrogens with two attached hydrogens (primary N) is 1. The molecule has 3 aromatic rings. The lowest BCUT2D eigenvalue weighted by Gasteiger charge is -2.22. The Balaban J connectivity index is 1.86. The van der Waals surface area contributed by atoms with Crippen LogP contribution in [0.3, 0.4) is 0 Å². The predicted molar refractivity (Wildman–Crippen MR) is 94.7 cm³/mol. The minimum absolute atomic E-state index is 0.136. The molecule has 3 heterocycles. The number of aliphatic carboxylic acids is 1. The number of benzene rings is 1. The van der Waals surface area contributed by atoms with E-state index in [4.69, 9.17) is 10.2 Å². The standard InChI is InChI=1S/C18H18N4O4/c1-9-20-15-11-4-2-3-5-13(11)26-16(15)17(21-9)22-8-10(7-14(19)23)6-12(22)18(24)25/h2-5,10,12H,6-8H2,1H3,(H2,19,23)(H,24,25). The first-order valence-electron chi connectivity index (χ1n) is 8.37. The number of furan rings is 1. The number of carbonyl (C=O) groups is 2. The first-order valence-corrected chi connectivity index (χ1v) is 8.37. The lowest BCUT2D eigenvalue weighted by molar-refractivity contribution is -0.138. The maximum atomic E-state index is 11.8. The van der Waals surface area contributed by atoms with E-state index in [-0.39, 0.29) is 12.3 Å². The molecule has 1 aliphatic rings. The van der Waals surface area contributed by atoms with E-state index in [0.717, 1.165) is 5.39 Å². The molecule has 8 heteroatoms. The number of para-hydroxylation sites is 1. The summed E-state index contributed by atoms with van der Waals surface area (Å²) < 4.78 is 5.94. The van der Waals surface area contributed by atoms with E-state index in [0.29, 0.717) is 41.3 Å². The molecule has 1 fully saturated rings. The highest BCUT2D eigenvalue weighted by Crippen LogP contribution is 2.37. The zero-order chi connectivity index (χ0) is 18.4. The van der Waals surface area contributed by atoms with Crippen molar-refractivity contribution in [3.05, 3.63) is 30.1 Å². The summed E-state index contributed by atoms with van der Waals surface area (Å²) in [4.78, 5) is 33.7. The highest BCUT2D eigenvalue weighted by Gasteiger charge is 2.39. The molecule has 4 rings (SSSR count). The molecule has 1 aromatic carbocycles. The minimum atomic E-state index is -0.961. The van der Waals surface area contributed by atoms with Gasteiger partial charge in [-0.05, 0) is 31.4 Å². The molecule has 0 aliphatic carbocycles. The van der Waals surface area contributed by atoms with Crippen LogP contribution in [0.4, 0.5) is 5.82 Å². The number of aromatic nitrogens is 2. The van der Waals surface area contributed by atoms with Crippen LogP contribution >= 0.6 is 0 Å². The van der Waals surface area contributed by atoms with Gasteiger partial charge in [-0.15, -0.1) is 0 Å². The van der Waals surface area contributed by atoms with Gasteiger partial charge >= 0.3 is 5.97 Å². The third kappa shape index (κ3) is 2.63. The van der Waals surface area contributed by atoms with Gasteiger partial charge in [0.1, 0.15) is 23.0 Å². The summed E-state index contributed by atoms with van der Waals surface area (Å²) in [6, 6.07) is 6.72. The fourth-order valence-corrected chi connectivity index (χ4v) is 3.70. The molecule has 1 saturated heterocycles. The normalized spacial score (nSPS) is 20.1. The summed E-state index contributed by atoms with van der Waals surface area (Å²) in [6.45, 7) is 2.14. The van der Waals surface area contributed by atoms with E-state index >= 15 is 0 Å². The number of anilines is 1. The number of amides is 1. The molecule has 1 aliphatic heterocycles. The van der Waals surface area contributed by atoms with Crippen LogP contribution < -0.4 is 10.6 Å². The van der Waals surface area contributed by atoms with Gasteiger partial charge < -0.3 is 20.2 Å². The number of hydrogen-bond donors (Lipinski definition) is 2. The monoisotopic (exact) mass is 354 g/mol. The Morgan fingerprint density at radius 1 is 1.35 bits per heavy atom. The van der Waals surface area contributed by atoms with Crippen LogP contribution in [0.5, 0.6) is 0 Å². The van der Waals surface area contributed by atoms with E-state index < -0.39 is 17.9 Å². The van der Waals surface area contributed by atoms with Gasteiger partial charge in [0.05, 0.1) is 0 Å². The second-order valence-electron chi connectivity index (χ2n) is 6.65. The SMILES string of the molecule is Cc1nc(N2CC(CC(N)=O)CC2C(=O)O)c2oc3ccccc3c2n1. The summed E-state index contributed by atoms with van der Waals surface area (Å²) >= 11 is 0.